The van der Waals surface area contributed by atoms with Crippen molar-refractivity contribution in [2.45, 2.75) is 38.6 Å². The van der Waals surface area contributed by atoms with E-state index in [9.17, 15) is 13.2 Å². The summed E-state index contributed by atoms with van der Waals surface area (Å²) in [5, 5.41) is 20.9. The van der Waals surface area contributed by atoms with Gasteiger partial charge in [0.2, 0.25) is 5.95 Å². The molecule has 0 bridgehead atoms. The van der Waals surface area contributed by atoms with Gasteiger partial charge in [0.25, 0.3) is 0 Å². The van der Waals surface area contributed by atoms with Crippen molar-refractivity contribution in [2.75, 3.05) is 18.4 Å². The van der Waals surface area contributed by atoms with Crippen LogP contribution in [0.3, 0.4) is 0 Å². The Labute approximate surface area is 173 Å². The standard InChI is InChI=1S/C15H19N7O2.C2HF3O2/c1-2-22-14-11(19-15(22)20-13-9-18-24-21-13)7-17-8-12(14)23-10-3-5-16-6-4-10;3-2(4,5)1(6)7/h7-10,16H,2-6H2,1H3,(H,19,20,21);(H,6,7). The molecule has 3 N–H and O–H groups in total. The van der Waals surface area contributed by atoms with Crippen molar-refractivity contribution in [2.24, 2.45) is 0 Å². The van der Waals surface area contributed by atoms with Crippen LogP contribution in [-0.2, 0) is 11.3 Å². The third-order valence-corrected chi connectivity index (χ3v) is 4.36. The van der Waals surface area contributed by atoms with Gasteiger partial charge in [-0.25, -0.2) is 14.4 Å². The Hall–Kier alpha value is -3.42. The number of alkyl halides is 3. The first-order valence-corrected chi connectivity index (χ1v) is 9.36. The van der Waals surface area contributed by atoms with Crippen LogP contribution in [-0.4, -0.2) is 61.3 Å². The summed E-state index contributed by atoms with van der Waals surface area (Å²) >= 11 is 0. The van der Waals surface area contributed by atoms with E-state index in [1.54, 1.807) is 12.4 Å². The zero-order chi connectivity index (χ0) is 22.4. The zero-order valence-corrected chi connectivity index (χ0v) is 16.4. The molecular weight excluding hydrogens is 423 g/mol. The Morgan fingerprint density at radius 1 is 1.35 bits per heavy atom. The largest absolute Gasteiger partial charge is 0.490 e. The molecule has 1 saturated heterocycles. The van der Waals surface area contributed by atoms with Crippen LogP contribution < -0.4 is 15.4 Å². The van der Waals surface area contributed by atoms with Crippen LogP contribution in [0.5, 0.6) is 5.75 Å². The van der Waals surface area contributed by atoms with Crippen molar-refractivity contribution in [1.29, 1.82) is 0 Å². The van der Waals surface area contributed by atoms with Gasteiger partial charge in [0.05, 0.1) is 12.4 Å². The van der Waals surface area contributed by atoms with Crippen LogP contribution in [0.4, 0.5) is 24.9 Å². The number of piperidine rings is 1. The third-order valence-electron chi connectivity index (χ3n) is 4.36. The van der Waals surface area contributed by atoms with Gasteiger partial charge in [-0.1, -0.05) is 5.16 Å². The highest BCUT2D eigenvalue weighted by atomic mass is 19.4. The number of halogens is 3. The minimum atomic E-state index is -5.08. The minimum absolute atomic E-state index is 0.204. The van der Waals surface area contributed by atoms with Crippen LogP contribution >= 0.6 is 0 Å². The lowest BCUT2D eigenvalue weighted by molar-refractivity contribution is -0.192. The molecule has 0 unspecified atom stereocenters. The number of ether oxygens (including phenoxy) is 1. The summed E-state index contributed by atoms with van der Waals surface area (Å²) in [5.74, 6) is -0.826. The first kappa shape index (κ1) is 22.3. The Morgan fingerprint density at radius 2 is 2.06 bits per heavy atom. The molecule has 14 heteroatoms. The van der Waals surface area contributed by atoms with Gasteiger partial charge in [0.15, 0.2) is 11.6 Å². The van der Waals surface area contributed by atoms with E-state index in [4.69, 9.17) is 14.6 Å². The molecule has 0 atom stereocenters. The van der Waals surface area contributed by atoms with Crippen molar-refractivity contribution in [3.63, 3.8) is 0 Å². The molecular formula is C17H20F3N7O4. The normalized spacial score (nSPS) is 14.7. The number of aliphatic carboxylic acids is 1. The molecule has 0 aromatic carbocycles. The summed E-state index contributed by atoms with van der Waals surface area (Å²) in [6.07, 6.45) is 2.11. The first-order chi connectivity index (χ1) is 14.8. The Balaban J connectivity index is 0.000000339. The van der Waals surface area contributed by atoms with Crippen molar-refractivity contribution in [1.82, 2.24) is 30.2 Å². The molecule has 0 amide bonds. The minimum Gasteiger partial charge on any atom is -0.486 e. The summed E-state index contributed by atoms with van der Waals surface area (Å²) in [6.45, 7) is 4.75. The maximum atomic E-state index is 10.6. The highest BCUT2D eigenvalue weighted by molar-refractivity contribution is 5.84. The van der Waals surface area contributed by atoms with Crippen LogP contribution in [0.25, 0.3) is 11.0 Å². The number of nitrogens with zero attached hydrogens (tertiary/aromatic N) is 5. The van der Waals surface area contributed by atoms with Gasteiger partial charge in [-0.15, -0.1) is 0 Å². The molecule has 31 heavy (non-hydrogen) atoms. The maximum absolute atomic E-state index is 10.6. The second kappa shape index (κ2) is 9.59. The quantitative estimate of drug-likeness (QED) is 0.538. The number of carboxylic acid groups (broad SMARTS) is 1. The van der Waals surface area contributed by atoms with E-state index >= 15 is 0 Å². The number of hydrogen-bond donors (Lipinski definition) is 3. The van der Waals surface area contributed by atoms with Gasteiger partial charge in [0.1, 0.15) is 23.3 Å². The van der Waals surface area contributed by atoms with E-state index in [0.717, 1.165) is 49.3 Å². The number of nitrogens with one attached hydrogen (secondary N) is 2. The smallest absolute Gasteiger partial charge is 0.486 e. The molecule has 0 aliphatic carbocycles. The van der Waals surface area contributed by atoms with Crippen LogP contribution in [0, 0.1) is 0 Å². The molecule has 3 aromatic rings. The number of anilines is 2. The van der Waals surface area contributed by atoms with E-state index in [1.807, 2.05) is 4.57 Å². The highest BCUT2D eigenvalue weighted by Crippen LogP contribution is 2.30. The number of hydrogen-bond acceptors (Lipinski definition) is 9. The van der Waals surface area contributed by atoms with Crippen LogP contribution in [0.1, 0.15) is 19.8 Å². The molecule has 4 rings (SSSR count). The SMILES string of the molecule is CCn1c(Nc2cnon2)nc2cncc(OC3CCNCC3)c21.O=C(O)C(F)(F)F. The van der Waals surface area contributed by atoms with Gasteiger partial charge in [-0.05, 0) is 38.0 Å². The van der Waals surface area contributed by atoms with Gasteiger partial charge in [-0.3, -0.25) is 4.98 Å². The number of aromatic nitrogens is 5. The van der Waals surface area contributed by atoms with Crippen molar-refractivity contribution < 1.29 is 32.4 Å². The van der Waals surface area contributed by atoms with Gasteiger partial charge in [-0.2, -0.15) is 13.2 Å². The average Bonchev–Trinajstić information content (AvgIpc) is 3.36. The second-order valence-electron chi connectivity index (χ2n) is 6.47. The Kier molecular flexibility index (Phi) is 6.89. The summed E-state index contributed by atoms with van der Waals surface area (Å²) in [6, 6.07) is 0. The molecule has 4 heterocycles. The number of pyridine rings is 1. The van der Waals surface area contributed by atoms with Crippen LogP contribution in [0.15, 0.2) is 23.2 Å². The zero-order valence-electron chi connectivity index (χ0n) is 16.4. The third kappa shape index (κ3) is 5.59. The summed E-state index contributed by atoms with van der Waals surface area (Å²) < 4.78 is 44.6. The van der Waals surface area contributed by atoms with E-state index in [-0.39, 0.29) is 6.10 Å². The lowest BCUT2D eigenvalue weighted by Crippen LogP contribution is -2.34. The van der Waals surface area contributed by atoms with Gasteiger partial charge < -0.3 is 25.0 Å². The van der Waals surface area contributed by atoms with Crippen LogP contribution in [0.2, 0.25) is 0 Å². The fourth-order valence-corrected chi connectivity index (χ4v) is 2.97. The van der Waals surface area contributed by atoms with Crippen molar-refractivity contribution in [3.05, 3.63) is 18.6 Å². The highest BCUT2D eigenvalue weighted by Gasteiger charge is 2.38. The molecule has 11 nitrogen and oxygen atoms in total. The van der Waals surface area contributed by atoms with Gasteiger partial charge >= 0.3 is 12.1 Å². The van der Waals surface area contributed by atoms with E-state index in [0.29, 0.717) is 11.8 Å². The molecule has 1 aliphatic heterocycles. The van der Waals surface area contributed by atoms with Crippen molar-refractivity contribution >= 4 is 28.8 Å². The summed E-state index contributed by atoms with van der Waals surface area (Å²) in [5.41, 5.74) is 1.72. The number of carboxylic acids is 1. The lowest BCUT2D eigenvalue weighted by Gasteiger charge is -2.24. The first-order valence-electron chi connectivity index (χ1n) is 9.36. The topological polar surface area (TPSA) is 140 Å². The molecule has 0 saturated carbocycles. The molecule has 0 radical (unpaired) electrons. The molecule has 0 spiro atoms. The number of carbonyl (C=O) groups is 1. The molecule has 1 aliphatic rings. The van der Waals surface area contributed by atoms with E-state index in [2.05, 4.69) is 42.5 Å². The van der Waals surface area contributed by atoms with E-state index in [1.165, 1.54) is 6.20 Å². The van der Waals surface area contributed by atoms with Crippen molar-refractivity contribution in [3.8, 4) is 5.75 Å². The fourth-order valence-electron chi connectivity index (χ4n) is 2.97. The predicted octanol–water partition coefficient (Wildman–Crippen LogP) is 2.34. The monoisotopic (exact) mass is 443 g/mol. The Morgan fingerprint density at radius 3 is 2.65 bits per heavy atom. The Bertz CT molecular complexity index is 1000. The van der Waals surface area contributed by atoms with Gasteiger partial charge in [0, 0.05) is 6.54 Å². The molecule has 1 fully saturated rings. The predicted molar refractivity (Wildman–Crippen MR) is 101 cm³/mol. The molecule has 168 valence electrons. The maximum Gasteiger partial charge on any atom is 0.490 e. The average molecular weight is 443 g/mol. The number of imidazole rings is 1. The number of rotatable bonds is 5. The van der Waals surface area contributed by atoms with E-state index < -0.39 is 12.1 Å². The summed E-state index contributed by atoms with van der Waals surface area (Å²) in [7, 11) is 0. The fraction of sp³-hybridized carbons (Fsp3) is 0.471. The number of aryl methyl sites for hydroxylation is 1. The molecule has 3 aromatic heterocycles. The second-order valence-corrected chi connectivity index (χ2v) is 6.47. The lowest BCUT2D eigenvalue weighted by atomic mass is 10.1. The number of fused-ring (bicyclic) bond motifs is 1. The summed E-state index contributed by atoms with van der Waals surface area (Å²) in [4.78, 5) is 17.8.